The molecule has 25 heavy (non-hydrogen) atoms. The highest BCUT2D eigenvalue weighted by molar-refractivity contribution is 7.92. The first kappa shape index (κ1) is 17.4. The topological polar surface area (TPSA) is 73.1 Å². The highest BCUT2D eigenvalue weighted by atomic mass is 35.5. The molecule has 0 aliphatic carbocycles. The third-order valence-corrected chi connectivity index (χ3v) is 5.50. The Labute approximate surface area is 146 Å². The van der Waals surface area contributed by atoms with Gasteiger partial charge in [-0.15, -0.1) is 0 Å². The van der Waals surface area contributed by atoms with Gasteiger partial charge in [-0.3, -0.25) is 13.9 Å². The molecule has 0 saturated carbocycles. The van der Waals surface area contributed by atoms with Gasteiger partial charge < -0.3 is 0 Å². The largest absolute Gasteiger partial charge is 0.328 e. The molecule has 2 aromatic carbocycles. The minimum atomic E-state index is -4.34. The summed E-state index contributed by atoms with van der Waals surface area (Å²) in [6.07, 6.45) is 0. The maximum atomic E-state index is 13.8. The molecule has 1 heterocycles. The quantitative estimate of drug-likeness (QED) is 0.750. The van der Waals surface area contributed by atoms with Crippen LogP contribution in [0.2, 0.25) is 5.02 Å². The van der Waals surface area contributed by atoms with Gasteiger partial charge in [0.05, 0.1) is 21.7 Å². The third-order valence-electron chi connectivity index (χ3n) is 3.79. The van der Waals surface area contributed by atoms with Gasteiger partial charge in [0.15, 0.2) is 0 Å². The SMILES string of the molecule is Cn1c(=O)n(C)c2cc(NS(=O)(=O)c3ccc(F)cc3F)c(Cl)cc21. The number of imidazole rings is 1. The number of rotatable bonds is 3. The Hall–Kier alpha value is -2.39. The number of nitrogens with zero attached hydrogens (tertiary/aromatic N) is 2. The number of benzene rings is 2. The molecule has 0 bridgehead atoms. The number of anilines is 1. The van der Waals surface area contributed by atoms with Crippen LogP contribution in [0, 0.1) is 11.6 Å². The Bertz CT molecular complexity index is 1170. The van der Waals surface area contributed by atoms with Crippen LogP contribution >= 0.6 is 11.6 Å². The molecular weight excluding hydrogens is 376 g/mol. The van der Waals surface area contributed by atoms with Gasteiger partial charge in [-0.2, -0.15) is 0 Å². The van der Waals surface area contributed by atoms with E-state index in [-0.39, 0.29) is 16.4 Å². The molecule has 10 heteroatoms. The summed E-state index contributed by atoms with van der Waals surface area (Å²) >= 11 is 6.09. The summed E-state index contributed by atoms with van der Waals surface area (Å²) in [4.78, 5) is 11.2. The number of fused-ring (bicyclic) bond motifs is 1. The molecule has 0 atom stereocenters. The van der Waals surface area contributed by atoms with Crippen molar-refractivity contribution in [2.45, 2.75) is 4.90 Å². The summed E-state index contributed by atoms with van der Waals surface area (Å²) in [5.74, 6) is -2.12. The molecule has 1 N–H and O–H groups in total. The summed E-state index contributed by atoms with van der Waals surface area (Å²) in [6, 6.07) is 4.93. The van der Waals surface area contributed by atoms with Crippen molar-refractivity contribution in [3.8, 4) is 0 Å². The Morgan fingerprint density at radius 3 is 2.24 bits per heavy atom. The number of aromatic nitrogens is 2. The predicted octanol–water partition coefficient (Wildman–Crippen LogP) is 2.61. The zero-order chi connectivity index (χ0) is 18.5. The van der Waals surface area contributed by atoms with Crippen LogP contribution in [0.1, 0.15) is 0 Å². The second-order valence-electron chi connectivity index (χ2n) is 5.40. The van der Waals surface area contributed by atoms with Crippen LogP contribution in [0.5, 0.6) is 0 Å². The van der Waals surface area contributed by atoms with Crippen LogP contribution in [-0.2, 0) is 24.1 Å². The van der Waals surface area contributed by atoms with Crippen molar-refractivity contribution in [2.75, 3.05) is 4.72 Å². The molecule has 0 saturated heterocycles. The number of halogens is 3. The standard InChI is InChI=1S/C15H12ClF2N3O3S/c1-20-12-6-9(16)11(7-13(12)21(2)15(20)22)19-25(23,24)14-4-3-8(17)5-10(14)18/h3-7,19H,1-2H3. The fourth-order valence-corrected chi connectivity index (χ4v) is 3.88. The summed E-state index contributed by atoms with van der Waals surface area (Å²) < 4.78 is 56.3. The summed E-state index contributed by atoms with van der Waals surface area (Å²) in [5.41, 5.74) is 0.609. The lowest BCUT2D eigenvalue weighted by atomic mass is 10.3. The summed E-state index contributed by atoms with van der Waals surface area (Å²) in [7, 11) is -1.26. The van der Waals surface area contributed by atoms with Gasteiger partial charge in [-0.25, -0.2) is 22.0 Å². The first-order valence-corrected chi connectivity index (χ1v) is 8.81. The van der Waals surface area contributed by atoms with Crippen molar-refractivity contribution in [3.05, 3.63) is 57.5 Å². The van der Waals surface area contributed by atoms with Crippen molar-refractivity contribution < 1.29 is 17.2 Å². The van der Waals surface area contributed by atoms with E-state index in [4.69, 9.17) is 11.6 Å². The molecule has 132 valence electrons. The number of hydrogen-bond donors (Lipinski definition) is 1. The van der Waals surface area contributed by atoms with Gasteiger partial charge in [0, 0.05) is 20.2 Å². The molecule has 3 aromatic rings. The Kier molecular flexibility index (Phi) is 4.08. The molecule has 0 aliphatic rings. The van der Waals surface area contributed by atoms with E-state index in [9.17, 15) is 22.0 Å². The smallest absolute Gasteiger partial charge is 0.295 e. The lowest BCUT2D eigenvalue weighted by molar-refractivity contribution is 0.551. The fraction of sp³-hybridized carbons (Fsp3) is 0.133. The normalized spacial score (nSPS) is 11.9. The molecule has 0 amide bonds. The molecule has 0 spiro atoms. The van der Waals surface area contributed by atoms with E-state index in [2.05, 4.69) is 4.72 Å². The summed E-state index contributed by atoms with van der Waals surface area (Å²) in [6.45, 7) is 0. The van der Waals surface area contributed by atoms with Crippen molar-refractivity contribution in [1.82, 2.24) is 9.13 Å². The second-order valence-corrected chi connectivity index (χ2v) is 7.46. The number of hydrogen-bond acceptors (Lipinski definition) is 3. The van der Waals surface area contributed by atoms with E-state index in [0.717, 1.165) is 12.1 Å². The Balaban J connectivity index is 2.12. The average molecular weight is 388 g/mol. The molecule has 6 nitrogen and oxygen atoms in total. The number of nitrogens with one attached hydrogen (secondary N) is 1. The zero-order valence-electron chi connectivity index (χ0n) is 13.0. The highest BCUT2D eigenvalue weighted by Gasteiger charge is 2.22. The van der Waals surface area contributed by atoms with Crippen molar-refractivity contribution >= 4 is 38.3 Å². The number of aryl methyl sites for hydroxylation is 2. The average Bonchev–Trinajstić information content (AvgIpc) is 2.72. The maximum Gasteiger partial charge on any atom is 0.328 e. The van der Waals surface area contributed by atoms with Crippen molar-refractivity contribution in [1.29, 1.82) is 0 Å². The van der Waals surface area contributed by atoms with Crippen LogP contribution in [0.4, 0.5) is 14.5 Å². The predicted molar refractivity (Wildman–Crippen MR) is 90.3 cm³/mol. The van der Waals surface area contributed by atoms with E-state index < -0.39 is 26.6 Å². The highest BCUT2D eigenvalue weighted by Crippen LogP contribution is 2.30. The molecular formula is C15H12ClF2N3O3S. The molecule has 0 radical (unpaired) electrons. The van der Waals surface area contributed by atoms with Crippen molar-refractivity contribution in [3.63, 3.8) is 0 Å². The molecule has 0 aliphatic heterocycles. The van der Waals surface area contributed by atoms with Crippen molar-refractivity contribution in [2.24, 2.45) is 14.1 Å². The first-order chi connectivity index (χ1) is 11.6. The summed E-state index contributed by atoms with van der Waals surface area (Å²) in [5, 5.41) is 0.0276. The fourth-order valence-electron chi connectivity index (χ4n) is 2.49. The van der Waals surface area contributed by atoms with Crippen LogP contribution < -0.4 is 10.4 Å². The van der Waals surface area contributed by atoms with Gasteiger partial charge in [0.2, 0.25) is 0 Å². The van der Waals surface area contributed by atoms with Gasteiger partial charge in [0.25, 0.3) is 10.0 Å². The zero-order valence-corrected chi connectivity index (χ0v) is 14.6. The van der Waals surface area contributed by atoms with E-state index >= 15 is 0 Å². The van der Waals surface area contributed by atoms with Crippen LogP contribution in [0.15, 0.2) is 40.0 Å². The van der Waals surface area contributed by atoms with Gasteiger partial charge in [0.1, 0.15) is 16.5 Å². The molecule has 3 rings (SSSR count). The van der Waals surface area contributed by atoms with Gasteiger partial charge >= 0.3 is 5.69 Å². The van der Waals surface area contributed by atoms with Crippen LogP contribution in [0.3, 0.4) is 0 Å². The van der Waals surface area contributed by atoms with Crippen LogP contribution in [0.25, 0.3) is 11.0 Å². The molecule has 0 fully saturated rings. The van der Waals surface area contributed by atoms with E-state index in [0.29, 0.717) is 17.1 Å². The lowest BCUT2D eigenvalue weighted by Crippen LogP contribution is -2.19. The van der Waals surface area contributed by atoms with E-state index in [1.807, 2.05) is 0 Å². The second kappa shape index (κ2) is 5.85. The van der Waals surface area contributed by atoms with Gasteiger partial charge in [-0.1, -0.05) is 11.6 Å². The minimum Gasteiger partial charge on any atom is -0.295 e. The van der Waals surface area contributed by atoms with E-state index in [1.54, 1.807) is 7.05 Å². The first-order valence-electron chi connectivity index (χ1n) is 6.94. The van der Waals surface area contributed by atoms with Crippen LogP contribution in [-0.4, -0.2) is 17.6 Å². The monoisotopic (exact) mass is 387 g/mol. The lowest BCUT2D eigenvalue weighted by Gasteiger charge is -2.11. The Morgan fingerprint density at radius 2 is 1.64 bits per heavy atom. The molecule has 1 aromatic heterocycles. The Morgan fingerprint density at radius 1 is 1.04 bits per heavy atom. The molecule has 0 unspecified atom stereocenters. The van der Waals surface area contributed by atoms with E-state index in [1.165, 1.54) is 28.3 Å². The van der Waals surface area contributed by atoms with Gasteiger partial charge in [-0.05, 0) is 24.3 Å². The minimum absolute atomic E-state index is 0.0276. The third kappa shape index (κ3) is 2.89. The number of sulfonamides is 1. The maximum absolute atomic E-state index is 13.8.